The summed E-state index contributed by atoms with van der Waals surface area (Å²) in [5, 5.41) is 2.82. The highest BCUT2D eigenvalue weighted by molar-refractivity contribution is 5.75. The number of carbonyl (C=O) groups is 2. The molecule has 17 heavy (non-hydrogen) atoms. The lowest BCUT2D eigenvalue weighted by Gasteiger charge is -2.20. The molecule has 0 aliphatic rings. The molecule has 4 nitrogen and oxygen atoms in total. The van der Waals surface area contributed by atoms with Crippen LogP contribution in [-0.4, -0.2) is 24.5 Å². The first-order valence-electron chi connectivity index (χ1n) is 6.42. The fraction of sp³-hybridized carbons (Fsp3) is 0.846. The Balaban J connectivity index is 4.22. The number of hydrogen-bond donors (Lipinski definition) is 1. The Bertz CT molecular complexity index is 241. The quantitative estimate of drug-likeness (QED) is 0.665. The summed E-state index contributed by atoms with van der Waals surface area (Å²) in [4.78, 5) is 22.5. The molecular weight excluding hydrogens is 218 g/mol. The van der Waals surface area contributed by atoms with Gasteiger partial charge in [0.1, 0.15) is 0 Å². The van der Waals surface area contributed by atoms with Crippen LogP contribution in [-0.2, 0) is 14.3 Å². The average Bonchev–Trinajstić information content (AvgIpc) is 2.16. The van der Waals surface area contributed by atoms with Gasteiger partial charge < -0.3 is 10.1 Å². The van der Waals surface area contributed by atoms with Crippen LogP contribution in [0, 0.1) is 5.92 Å². The zero-order chi connectivity index (χ0) is 13.3. The summed E-state index contributed by atoms with van der Waals surface area (Å²) in [6.45, 7) is 7.92. The van der Waals surface area contributed by atoms with Crippen molar-refractivity contribution in [2.45, 2.75) is 59.4 Å². The molecular formula is C13H25NO3. The van der Waals surface area contributed by atoms with Crippen molar-refractivity contribution in [1.29, 1.82) is 0 Å². The molecule has 0 bridgehead atoms. The maximum absolute atomic E-state index is 11.4. The molecule has 0 radical (unpaired) electrons. The van der Waals surface area contributed by atoms with E-state index in [1.54, 1.807) is 6.92 Å². The minimum atomic E-state index is -0.241. The predicted octanol–water partition coefficient (Wildman–Crippen LogP) is 2.27. The van der Waals surface area contributed by atoms with Crippen molar-refractivity contribution in [2.24, 2.45) is 5.92 Å². The lowest BCUT2D eigenvalue weighted by Crippen LogP contribution is -2.36. The molecule has 0 saturated heterocycles. The van der Waals surface area contributed by atoms with Gasteiger partial charge in [0.25, 0.3) is 0 Å². The number of esters is 1. The SMILES string of the molecule is CCCC(C)CC(CC(=O)OCC)NC(C)=O. The molecule has 0 aromatic heterocycles. The van der Waals surface area contributed by atoms with Crippen molar-refractivity contribution >= 4 is 11.9 Å². The number of rotatable bonds is 8. The summed E-state index contributed by atoms with van der Waals surface area (Å²) in [5.41, 5.74) is 0. The maximum Gasteiger partial charge on any atom is 0.307 e. The molecule has 100 valence electrons. The van der Waals surface area contributed by atoms with Gasteiger partial charge in [0.05, 0.1) is 13.0 Å². The summed E-state index contributed by atoms with van der Waals surface area (Å²) in [5.74, 6) is 0.171. The Morgan fingerprint density at radius 2 is 1.94 bits per heavy atom. The third-order valence-electron chi connectivity index (χ3n) is 2.59. The van der Waals surface area contributed by atoms with E-state index in [1.807, 2.05) is 0 Å². The zero-order valence-corrected chi connectivity index (χ0v) is 11.4. The lowest BCUT2D eigenvalue weighted by molar-refractivity contribution is -0.143. The topological polar surface area (TPSA) is 55.4 Å². The Morgan fingerprint density at radius 1 is 1.29 bits per heavy atom. The minimum Gasteiger partial charge on any atom is -0.466 e. The number of carbonyl (C=O) groups excluding carboxylic acids is 2. The molecule has 0 aliphatic carbocycles. The Labute approximate surface area is 104 Å². The second-order valence-corrected chi connectivity index (χ2v) is 4.54. The first-order valence-corrected chi connectivity index (χ1v) is 6.42. The van der Waals surface area contributed by atoms with E-state index in [-0.39, 0.29) is 24.3 Å². The van der Waals surface area contributed by atoms with Crippen LogP contribution >= 0.6 is 0 Å². The van der Waals surface area contributed by atoms with Crippen LogP contribution in [0.3, 0.4) is 0 Å². The van der Waals surface area contributed by atoms with Crippen LogP contribution in [0.25, 0.3) is 0 Å². The number of amides is 1. The smallest absolute Gasteiger partial charge is 0.307 e. The zero-order valence-electron chi connectivity index (χ0n) is 11.4. The van der Waals surface area contributed by atoms with Crippen molar-refractivity contribution in [2.75, 3.05) is 6.61 Å². The van der Waals surface area contributed by atoms with E-state index in [1.165, 1.54) is 6.92 Å². The van der Waals surface area contributed by atoms with Gasteiger partial charge in [-0.25, -0.2) is 0 Å². The van der Waals surface area contributed by atoms with Gasteiger partial charge >= 0.3 is 5.97 Å². The van der Waals surface area contributed by atoms with Gasteiger partial charge in [0.2, 0.25) is 5.91 Å². The van der Waals surface area contributed by atoms with E-state index in [2.05, 4.69) is 19.2 Å². The van der Waals surface area contributed by atoms with E-state index in [0.717, 1.165) is 19.3 Å². The molecule has 0 aromatic rings. The summed E-state index contributed by atoms with van der Waals surface area (Å²) in [6.07, 6.45) is 3.32. The second kappa shape index (κ2) is 9.02. The predicted molar refractivity (Wildman–Crippen MR) is 67.5 cm³/mol. The van der Waals surface area contributed by atoms with Crippen molar-refractivity contribution in [3.8, 4) is 0 Å². The Morgan fingerprint density at radius 3 is 2.41 bits per heavy atom. The van der Waals surface area contributed by atoms with Crippen LogP contribution in [0.1, 0.15) is 53.4 Å². The van der Waals surface area contributed by atoms with E-state index < -0.39 is 0 Å². The maximum atomic E-state index is 11.4. The fourth-order valence-corrected chi connectivity index (χ4v) is 2.00. The van der Waals surface area contributed by atoms with E-state index in [9.17, 15) is 9.59 Å². The molecule has 0 rings (SSSR count). The molecule has 0 fully saturated rings. The van der Waals surface area contributed by atoms with Crippen molar-refractivity contribution in [3.05, 3.63) is 0 Å². The van der Waals surface area contributed by atoms with Crippen molar-refractivity contribution < 1.29 is 14.3 Å². The van der Waals surface area contributed by atoms with E-state index in [4.69, 9.17) is 4.74 Å². The minimum absolute atomic E-state index is 0.0944. The first kappa shape index (κ1) is 15.9. The van der Waals surface area contributed by atoms with Gasteiger partial charge in [-0.1, -0.05) is 26.7 Å². The molecule has 2 atom stereocenters. The Kier molecular flexibility index (Phi) is 8.46. The van der Waals surface area contributed by atoms with Gasteiger partial charge in [-0.05, 0) is 19.3 Å². The highest BCUT2D eigenvalue weighted by atomic mass is 16.5. The molecule has 0 aromatic carbocycles. The molecule has 4 heteroatoms. The van der Waals surface area contributed by atoms with Gasteiger partial charge in [-0.3, -0.25) is 9.59 Å². The summed E-state index contributed by atoms with van der Waals surface area (Å²) in [7, 11) is 0. The van der Waals surface area contributed by atoms with E-state index in [0.29, 0.717) is 12.5 Å². The lowest BCUT2D eigenvalue weighted by atomic mass is 9.95. The highest BCUT2D eigenvalue weighted by Gasteiger charge is 2.18. The number of hydrogen-bond acceptors (Lipinski definition) is 3. The largest absolute Gasteiger partial charge is 0.466 e. The van der Waals surface area contributed by atoms with E-state index >= 15 is 0 Å². The van der Waals surface area contributed by atoms with Gasteiger partial charge in [-0.2, -0.15) is 0 Å². The molecule has 0 saturated carbocycles. The summed E-state index contributed by atoms with van der Waals surface area (Å²) >= 11 is 0. The van der Waals surface area contributed by atoms with Crippen LogP contribution in [0.2, 0.25) is 0 Å². The van der Waals surface area contributed by atoms with Crippen LogP contribution in [0.15, 0.2) is 0 Å². The average molecular weight is 243 g/mol. The second-order valence-electron chi connectivity index (χ2n) is 4.54. The monoisotopic (exact) mass is 243 g/mol. The molecule has 0 spiro atoms. The first-order chi connectivity index (χ1) is 7.99. The normalized spacial score (nSPS) is 13.9. The molecule has 1 N–H and O–H groups in total. The highest BCUT2D eigenvalue weighted by Crippen LogP contribution is 2.15. The van der Waals surface area contributed by atoms with Crippen LogP contribution in [0.4, 0.5) is 0 Å². The van der Waals surface area contributed by atoms with Crippen LogP contribution < -0.4 is 5.32 Å². The molecule has 0 heterocycles. The number of ether oxygens (including phenoxy) is 1. The van der Waals surface area contributed by atoms with Gasteiger partial charge in [-0.15, -0.1) is 0 Å². The van der Waals surface area contributed by atoms with Crippen molar-refractivity contribution in [3.63, 3.8) is 0 Å². The number of nitrogens with one attached hydrogen (secondary N) is 1. The molecule has 1 amide bonds. The van der Waals surface area contributed by atoms with Crippen LogP contribution in [0.5, 0.6) is 0 Å². The van der Waals surface area contributed by atoms with Crippen molar-refractivity contribution in [1.82, 2.24) is 5.32 Å². The third kappa shape index (κ3) is 8.72. The standard InChI is InChI=1S/C13H25NO3/c1-5-7-10(3)8-12(14-11(4)15)9-13(16)17-6-2/h10,12H,5-9H2,1-4H3,(H,14,15). The molecule has 0 aliphatic heterocycles. The Hall–Kier alpha value is -1.06. The van der Waals surface area contributed by atoms with Gasteiger partial charge in [0, 0.05) is 13.0 Å². The third-order valence-corrected chi connectivity index (χ3v) is 2.59. The van der Waals surface area contributed by atoms with Gasteiger partial charge in [0.15, 0.2) is 0 Å². The fourth-order valence-electron chi connectivity index (χ4n) is 2.00. The molecule has 2 unspecified atom stereocenters. The summed E-state index contributed by atoms with van der Waals surface area (Å²) in [6, 6.07) is -0.104. The summed E-state index contributed by atoms with van der Waals surface area (Å²) < 4.78 is 4.91.